The largest absolute Gasteiger partial charge is 0.391 e. The molecule has 0 saturated carbocycles. The second kappa shape index (κ2) is 7.34. The Morgan fingerprint density at radius 3 is 2.76 bits per heavy atom. The first-order valence-corrected chi connectivity index (χ1v) is 8.68. The molecular weight excluding hydrogens is 310 g/mol. The van der Waals surface area contributed by atoms with Gasteiger partial charge in [0.1, 0.15) is 6.61 Å². The van der Waals surface area contributed by atoms with Crippen molar-refractivity contribution in [2.24, 2.45) is 11.1 Å². The Balaban J connectivity index is 1.57. The molecule has 25 heavy (non-hydrogen) atoms. The van der Waals surface area contributed by atoms with Crippen LogP contribution in [0.2, 0.25) is 0 Å². The highest BCUT2D eigenvalue weighted by Gasteiger charge is 2.26. The zero-order valence-electron chi connectivity index (χ0n) is 14.1. The normalized spacial score (nSPS) is 18.1. The molecule has 0 fully saturated rings. The number of aryl methyl sites for hydroxylation is 1. The van der Waals surface area contributed by atoms with Gasteiger partial charge < -0.3 is 9.40 Å². The summed E-state index contributed by atoms with van der Waals surface area (Å²) < 4.78 is 2.12. The topological polar surface area (TPSA) is 39.4 Å². The third-order valence-electron chi connectivity index (χ3n) is 4.67. The van der Waals surface area contributed by atoms with Gasteiger partial charge in [-0.1, -0.05) is 59.8 Å². The summed E-state index contributed by atoms with van der Waals surface area (Å²) in [6.07, 6.45) is 7.83. The second-order valence-corrected chi connectivity index (χ2v) is 6.39. The highest BCUT2D eigenvalue weighted by atomic mass is 16.6. The lowest BCUT2D eigenvalue weighted by molar-refractivity contribution is 0.128. The average Bonchev–Trinajstić information content (AvgIpc) is 3.17. The zero-order chi connectivity index (χ0) is 16.9. The van der Waals surface area contributed by atoms with Crippen molar-refractivity contribution < 1.29 is 4.84 Å². The van der Waals surface area contributed by atoms with E-state index in [4.69, 9.17) is 4.84 Å². The molecule has 4 nitrogen and oxygen atoms in total. The number of aromatic nitrogens is 2. The number of imidazole rings is 1. The molecule has 1 aliphatic carbocycles. The molecule has 1 unspecified atom stereocenters. The molecule has 0 saturated heterocycles. The Labute approximate surface area is 147 Å². The van der Waals surface area contributed by atoms with Gasteiger partial charge in [-0.05, 0) is 24.0 Å². The molecule has 4 heteroatoms. The molecule has 0 spiro atoms. The monoisotopic (exact) mass is 331 g/mol. The van der Waals surface area contributed by atoms with E-state index in [1.54, 1.807) is 0 Å². The van der Waals surface area contributed by atoms with Crippen molar-refractivity contribution in [1.82, 2.24) is 9.55 Å². The quantitative estimate of drug-likeness (QED) is 0.661. The lowest BCUT2D eigenvalue weighted by atomic mass is 9.82. The summed E-state index contributed by atoms with van der Waals surface area (Å²) in [6, 6.07) is 18.7. The van der Waals surface area contributed by atoms with Gasteiger partial charge in [0.25, 0.3) is 0 Å². The molecule has 126 valence electrons. The zero-order valence-corrected chi connectivity index (χ0v) is 14.1. The van der Waals surface area contributed by atoms with E-state index in [0.29, 0.717) is 12.5 Å². The van der Waals surface area contributed by atoms with Gasteiger partial charge in [-0.3, -0.25) is 0 Å². The predicted octanol–water partition coefficient (Wildman–Crippen LogP) is 4.07. The van der Waals surface area contributed by atoms with E-state index in [1.165, 1.54) is 11.1 Å². The third kappa shape index (κ3) is 3.63. The first kappa shape index (κ1) is 15.6. The fourth-order valence-corrected chi connectivity index (χ4v) is 3.38. The van der Waals surface area contributed by atoms with Crippen LogP contribution in [0.25, 0.3) is 0 Å². The van der Waals surface area contributed by atoms with Crippen LogP contribution < -0.4 is 0 Å². The number of nitrogens with zero attached hydrogens (tertiary/aromatic N) is 3. The Kier molecular flexibility index (Phi) is 4.59. The number of benzene rings is 2. The summed E-state index contributed by atoms with van der Waals surface area (Å²) in [5, 5.41) is 4.56. The van der Waals surface area contributed by atoms with Crippen molar-refractivity contribution >= 4 is 5.71 Å². The molecule has 1 atom stereocenters. The minimum absolute atomic E-state index is 0.333. The average molecular weight is 331 g/mol. The molecule has 1 aromatic heterocycles. The van der Waals surface area contributed by atoms with Crippen molar-refractivity contribution in [3.8, 4) is 0 Å². The van der Waals surface area contributed by atoms with Crippen molar-refractivity contribution in [2.75, 3.05) is 0 Å². The predicted molar refractivity (Wildman–Crippen MR) is 98.2 cm³/mol. The molecule has 2 aromatic carbocycles. The van der Waals surface area contributed by atoms with Crippen LogP contribution in [0.3, 0.4) is 0 Å². The van der Waals surface area contributed by atoms with E-state index in [-0.39, 0.29) is 0 Å². The van der Waals surface area contributed by atoms with Crippen LogP contribution in [0.5, 0.6) is 0 Å². The molecule has 1 aliphatic rings. The number of rotatable bonds is 5. The van der Waals surface area contributed by atoms with Gasteiger partial charge in [0, 0.05) is 30.4 Å². The van der Waals surface area contributed by atoms with Gasteiger partial charge in [-0.15, -0.1) is 0 Å². The van der Waals surface area contributed by atoms with Crippen LogP contribution >= 0.6 is 0 Å². The second-order valence-electron chi connectivity index (χ2n) is 6.39. The van der Waals surface area contributed by atoms with E-state index < -0.39 is 0 Å². The molecule has 4 rings (SSSR count). The fourth-order valence-electron chi connectivity index (χ4n) is 3.38. The highest BCUT2D eigenvalue weighted by molar-refractivity contribution is 6.04. The molecule has 1 heterocycles. The molecule has 0 aliphatic heterocycles. The van der Waals surface area contributed by atoms with Gasteiger partial charge >= 0.3 is 0 Å². The Morgan fingerprint density at radius 1 is 1.08 bits per heavy atom. The van der Waals surface area contributed by atoms with E-state index in [0.717, 1.165) is 30.7 Å². The van der Waals surface area contributed by atoms with Crippen LogP contribution in [-0.4, -0.2) is 15.3 Å². The van der Waals surface area contributed by atoms with E-state index in [2.05, 4.69) is 51.1 Å². The maximum atomic E-state index is 5.73. The minimum atomic E-state index is 0.333. The van der Waals surface area contributed by atoms with Gasteiger partial charge in [0.05, 0.1) is 12.0 Å². The van der Waals surface area contributed by atoms with Crippen molar-refractivity contribution in [3.63, 3.8) is 0 Å². The minimum Gasteiger partial charge on any atom is -0.391 e. The summed E-state index contributed by atoms with van der Waals surface area (Å²) >= 11 is 0. The maximum absolute atomic E-state index is 5.73. The van der Waals surface area contributed by atoms with Gasteiger partial charge in [-0.2, -0.15) is 0 Å². The number of oxime groups is 1. The molecule has 0 bridgehead atoms. The van der Waals surface area contributed by atoms with E-state index in [1.807, 2.05) is 36.9 Å². The van der Waals surface area contributed by atoms with Crippen LogP contribution in [0.15, 0.2) is 78.5 Å². The Hall–Kier alpha value is -2.88. The number of fused-ring (bicyclic) bond motifs is 1. The molecule has 0 amide bonds. The smallest absolute Gasteiger partial charge is 0.142 e. The first-order valence-electron chi connectivity index (χ1n) is 8.68. The third-order valence-corrected chi connectivity index (χ3v) is 4.67. The summed E-state index contributed by atoms with van der Waals surface area (Å²) in [7, 11) is 0. The maximum Gasteiger partial charge on any atom is 0.142 e. The SMILES string of the molecule is c1ccc(CO/N=C2\c3ccccc3CCC2Cn2ccnc2)cc1. The fraction of sp³-hybridized carbons (Fsp3) is 0.238. The van der Waals surface area contributed by atoms with Gasteiger partial charge in [0.2, 0.25) is 0 Å². The van der Waals surface area contributed by atoms with E-state index in [9.17, 15) is 0 Å². The van der Waals surface area contributed by atoms with Crippen molar-refractivity contribution in [3.05, 3.63) is 90.0 Å². The van der Waals surface area contributed by atoms with Crippen LogP contribution in [0.4, 0.5) is 0 Å². The molecule has 0 N–H and O–H groups in total. The van der Waals surface area contributed by atoms with Crippen molar-refractivity contribution in [2.45, 2.75) is 26.0 Å². The van der Waals surface area contributed by atoms with Crippen molar-refractivity contribution in [1.29, 1.82) is 0 Å². The van der Waals surface area contributed by atoms with Crippen LogP contribution in [-0.2, 0) is 24.4 Å². The molecule has 3 aromatic rings. The summed E-state index contributed by atoms with van der Waals surface area (Å²) in [4.78, 5) is 9.88. The first-order chi connectivity index (χ1) is 12.4. The lowest BCUT2D eigenvalue weighted by Gasteiger charge is -2.26. The summed E-state index contributed by atoms with van der Waals surface area (Å²) in [5.74, 6) is 0.333. The standard InChI is InChI=1S/C21H21N3O/c1-2-6-17(7-3-1)15-25-23-21-19(14-24-13-12-22-16-24)11-10-18-8-4-5-9-20(18)21/h1-9,12-13,16,19H,10-11,14-15H2/b23-21-. The van der Waals surface area contributed by atoms with E-state index >= 15 is 0 Å². The number of hydrogen-bond donors (Lipinski definition) is 0. The van der Waals surface area contributed by atoms with Gasteiger partial charge in [-0.25, -0.2) is 4.98 Å². The molecule has 0 radical (unpaired) electrons. The Morgan fingerprint density at radius 2 is 1.92 bits per heavy atom. The van der Waals surface area contributed by atoms with Crippen LogP contribution in [0, 0.1) is 5.92 Å². The van der Waals surface area contributed by atoms with Gasteiger partial charge in [0.15, 0.2) is 0 Å². The summed E-state index contributed by atoms with van der Waals surface area (Å²) in [6.45, 7) is 1.37. The molecular formula is C21H21N3O. The summed E-state index contributed by atoms with van der Waals surface area (Å²) in [5.41, 5.74) is 4.74. The number of hydrogen-bond acceptors (Lipinski definition) is 3. The van der Waals surface area contributed by atoms with Crippen LogP contribution in [0.1, 0.15) is 23.1 Å². The Bertz CT molecular complexity index is 841. The highest BCUT2D eigenvalue weighted by Crippen LogP contribution is 2.27. The lowest BCUT2D eigenvalue weighted by Crippen LogP contribution is -2.27.